The molecule has 3 rings (SSSR count). The van der Waals surface area contributed by atoms with E-state index < -0.39 is 21.9 Å². The molecule has 0 saturated carbocycles. The number of carbonyl (C=O) groups excluding carboxylic acids is 1. The number of hydrogen-bond donors (Lipinski definition) is 2. The van der Waals surface area contributed by atoms with Gasteiger partial charge in [0.15, 0.2) is 0 Å². The molecule has 1 saturated heterocycles. The Morgan fingerprint density at radius 2 is 1.90 bits per heavy atom. The number of sulfonamides is 1. The summed E-state index contributed by atoms with van der Waals surface area (Å²) >= 11 is 6.28. The number of nitrogens with one attached hydrogen (secondary N) is 1. The fourth-order valence-corrected chi connectivity index (χ4v) is 3.83. The average molecular weight is 460 g/mol. The summed E-state index contributed by atoms with van der Waals surface area (Å²) < 4.78 is 50.2. The number of anilines is 2. The van der Waals surface area contributed by atoms with E-state index in [1.54, 1.807) is 18.7 Å². The first kappa shape index (κ1) is 22.3. The molecule has 1 aliphatic rings. The van der Waals surface area contributed by atoms with E-state index in [0.29, 0.717) is 11.3 Å². The van der Waals surface area contributed by atoms with Crippen molar-refractivity contribution in [2.75, 3.05) is 23.3 Å². The minimum Gasteiger partial charge on any atom is -0.355 e. The van der Waals surface area contributed by atoms with Gasteiger partial charge < -0.3 is 10.2 Å². The van der Waals surface area contributed by atoms with Crippen LogP contribution in [0.3, 0.4) is 0 Å². The molecule has 2 aromatic rings. The van der Waals surface area contributed by atoms with Crippen molar-refractivity contribution >= 4 is 39.0 Å². The molecule has 0 aromatic carbocycles. The Labute approximate surface area is 177 Å². The van der Waals surface area contributed by atoms with E-state index in [9.17, 15) is 22.0 Å². The van der Waals surface area contributed by atoms with Crippen molar-refractivity contribution in [1.82, 2.24) is 9.97 Å². The van der Waals surface area contributed by atoms with Gasteiger partial charge in [0.05, 0.1) is 28.2 Å². The molecule has 3 N–H and O–H groups in total. The molecule has 12 heteroatoms. The lowest BCUT2D eigenvalue weighted by atomic mass is 10.0. The number of primary sulfonamides is 1. The summed E-state index contributed by atoms with van der Waals surface area (Å²) in [6.45, 7) is 3.36. The second-order valence-corrected chi connectivity index (χ2v) is 9.03. The molecular formula is C18H20ClF2N5O3S. The Hall–Kier alpha value is -2.37. The van der Waals surface area contributed by atoms with Crippen LogP contribution in [0.15, 0.2) is 23.4 Å². The number of hydrogen-bond acceptors (Lipinski definition) is 6. The number of nitrogens with zero attached hydrogens (tertiary/aromatic N) is 3. The van der Waals surface area contributed by atoms with Crippen LogP contribution < -0.4 is 15.4 Å². The molecule has 0 atom stereocenters. The Bertz CT molecular complexity index is 1100. The van der Waals surface area contributed by atoms with E-state index in [1.807, 2.05) is 0 Å². The second kappa shape index (κ2) is 8.05. The molecule has 1 fully saturated rings. The van der Waals surface area contributed by atoms with E-state index in [-0.39, 0.29) is 52.9 Å². The molecule has 0 unspecified atom stereocenters. The summed E-state index contributed by atoms with van der Waals surface area (Å²) in [7, 11) is -4.01. The molecule has 1 amide bonds. The van der Waals surface area contributed by atoms with E-state index in [0.717, 1.165) is 6.20 Å². The SMILES string of the molecule is Cc1nc(N2CCC(F)(F)CC2)c(C(=O)Nc2cncc(S(N)(=O)=O)c2)c(C)c1Cl. The largest absolute Gasteiger partial charge is 0.355 e. The summed E-state index contributed by atoms with van der Waals surface area (Å²) in [5, 5.41) is 7.94. The van der Waals surface area contributed by atoms with Crippen LogP contribution in [0.2, 0.25) is 5.02 Å². The summed E-state index contributed by atoms with van der Waals surface area (Å²) in [6.07, 6.45) is 1.61. The van der Waals surface area contributed by atoms with Crippen LogP contribution in [0.4, 0.5) is 20.3 Å². The first-order valence-corrected chi connectivity index (χ1v) is 10.9. The van der Waals surface area contributed by atoms with Crippen LogP contribution in [0.1, 0.15) is 34.5 Å². The van der Waals surface area contributed by atoms with Gasteiger partial charge in [-0.15, -0.1) is 0 Å². The van der Waals surface area contributed by atoms with Gasteiger partial charge in [-0.2, -0.15) is 0 Å². The standard InChI is InChI=1S/C18H20ClF2N5O3S/c1-10-14(17(27)25-12-7-13(9-23-8-12)30(22,28)29)16(24-11(2)15(10)19)26-5-3-18(20,21)4-6-26/h7-9H,3-6H2,1-2H3,(H,25,27)(H2,22,28,29). The van der Waals surface area contributed by atoms with Crippen molar-refractivity contribution in [3.8, 4) is 0 Å². The number of piperidine rings is 1. The van der Waals surface area contributed by atoms with Gasteiger partial charge in [-0.05, 0) is 25.5 Å². The Kier molecular flexibility index (Phi) is 5.99. The van der Waals surface area contributed by atoms with Gasteiger partial charge in [-0.3, -0.25) is 9.78 Å². The van der Waals surface area contributed by atoms with Gasteiger partial charge in [-0.1, -0.05) is 11.6 Å². The summed E-state index contributed by atoms with van der Waals surface area (Å²) in [4.78, 5) is 22.6. The lowest BCUT2D eigenvalue weighted by Crippen LogP contribution is -2.41. The zero-order valence-corrected chi connectivity index (χ0v) is 17.8. The van der Waals surface area contributed by atoms with Crippen molar-refractivity contribution in [3.63, 3.8) is 0 Å². The normalized spacial score (nSPS) is 16.4. The molecule has 0 radical (unpaired) electrons. The van der Waals surface area contributed by atoms with Crippen LogP contribution in [0.25, 0.3) is 0 Å². The number of amides is 1. The van der Waals surface area contributed by atoms with Gasteiger partial charge in [0, 0.05) is 32.1 Å². The fraction of sp³-hybridized carbons (Fsp3) is 0.389. The molecule has 162 valence electrons. The summed E-state index contributed by atoms with van der Waals surface area (Å²) in [5.41, 5.74) is 1.12. The number of nitrogens with two attached hydrogens (primary N) is 1. The Morgan fingerprint density at radius 1 is 1.27 bits per heavy atom. The van der Waals surface area contributed by atoms with Gasteiger partial charge in [-0.25, -0.2) is 27.3 Å². The quantitative estimate of drug-likeness (QED) is 0.725. The molecule has 0 spiro atoms. The van der Waals surface area contributed by atoms with Gasteiger partial charge in [0.25, 0.3) is 11.8 Å². The number of alkyl halides is 2. The maximum Gasteiger partial charge on any atom is 0.259 e. The number of rotatable bonds is 4. The molecule has 0 bridgehead atoms. The van der Waals surface area contributed by atoms with Crippen LogP contribution in [0, 0.1) is 13.8 Å². The van der Waals surface area contributed by atoms with E-state index in [1.165, 1.54) is 12.3 Å². The average Bonchev–Trinajstić information content (AvgIpc) is 2.65. The van der Waals surface area contributed by atoms with Crippen LogP contribution >= 0.6 is 11.6 Å². The van der Waals surface area contributed by atoms with Gasteiger partial charge >= 0.3 is 0 Å². The molecule has 1 aliphatic heterocycles. The lowest BCUT2D eigenvalue weighted by molar-refractivity contribution is -0.0221. The maximum absolute atomic E-state index is 13.6. The number of aryl methyl sites for hydroxylation is 1. The maximum atomic E-state index is 13.6. The Morgan fingerprint density at radius 3 is 2.50 bits per heavy atom. The van der Waals surface area contributed by atoms with Crippen molar-refractivity contribution in [2.45, 2.75) is 37.5 Å². The van der Waals surface area contributed by atoms with Crippen molar-refractivity contribution in [1.29, 1.82) is 0 Å². The van der Waals surface area contributed by atoms with Gasteiger partial charge in [0.1, 0.15) is 10.7 Å². The fourth-order valence-electron chi connectivity index (χ4n) is 3.20. The highest BCUT2D eigenvalue weighted by Crippen LogP contribution is 2.35. The first-order valence-electron chi connectivity index (χ1n) is 8.98. The number of halogens is 3. The predicted molar refractivity (Wildman–Crippen MR) is 109 cm³/mol. The summed E-state index contributed by atoms with van der Waals surface area (Å²) in [6, 6.07) is 1.17. The molecule has 30 heavy (non-hydrogen) atoms. The first-order chi connectivity index (χ1) is 13.9. The van der Waals surface area contributed by atoms with Gasteiger partial charge in [0.2, 0.25) is 10.0 Å². The zero-order valence-electron chi connectivity index (χ0n) is 16.2. The smallest absolute Gasteiger partial charge is 0.259 e. The monoisotopic (exact) mass is 459 g/mol. The lowest BCUT2D eigenvalue weighted by Gasteiger charge is -2.34. The number of carbonyl (C=O) groups is 1. The number of aromatic nitrogens is 2. The highest BCUT2D eigenvalue weighted by Gasteiger charge is 2.36. The molecule has 3 heterocycles. The number of pyridine rings is 2. The van der Waals surface area contributed by atoms with Crippen molar-refractivity contribution in [2.24, 2.45) is 5.14 Å². The molecule has 0 aliphatic carbocycles. The third-order valence-corrected chi connectivity index (χ3v) is 6.28. The van der Waals surface area contributed by atoms with Crippen LogP contribution in [-0.2, 0) is 10.0 Å². The molecule has 2 aromatic heterocycles. The van der Waals surface area contributed by atoms with Crippen LogP contribution in [0.5, 0.6) is 0 Å². The predicted octanol–water partition coefficient (Wildman–Crippen LogP) is 2.88. The zero-order chi connectivity index (χ0) is 22.3. The highest BCUT2D eigenvalue weighted by molar-refractivity contribution is 7.89. The van der Waals surface area contributed by atoms with E-state index in [2.05, 4.69) is 15.3 Å². The highest BCUT2D eigenvalue weighted by atomic mass is 35.5. The van der Waals surface area contributed by atoms with Crippen molar-refractivity contribution < 1.29 is 22.0 Å². The third kappa shape index (κ3) is 4.68. The topological polar surface area (TPSA) is 118 Å². The van der Waals surface area contributed by atoms with Crippen molar-refractivity contribution in [3.05, 3.63) is 40.3 Å². The third-order valence-electron chi connectivity index (χ3n) is 4.84. The molecular weight excluding hydrogens is 440 g/mol. The van der Waals surface area contributed by atoms with Crippen LogP contribution in [-0.4, -0.2) is 43.3 Å². The minimum atomic E-state index is -4.01. The van der Waals surface area contributed by atoms with E-state index >= 15 is 0 Å². The molecule has 8 nitrogen and oxygen atoms in total. The Balaban J connectivity index is 1.98. The minimum absolute atomic E-state index is 0.0310. The second-order valence-electron chi connectivity index (χ2n) is 7.09. The van der Waals surface area contributed by atoms with E-state index in [4.69, 9.17) is 16.7 Å². The summed E-state index contributed by atoms with van der Waals surface area (Å²) in [5.74, 6) is -3.13.